The molecule has 2 unspecified atom stereocenters. The van der Waals surface area contributed by atoms with Gasteiger partial charge in [0.1, 0.15) is 6.04 Å². The highest BCUT2D eigenvalue weighted by Crippen LogP contribution is 2.30. The summed E-state index contributed by atoms with van der Waals surface area (Å²) in [6.07, 6.45) is 1.49. The van der Waals surface area contributed by atoms with Crippen molar-refractivity contribution in [2.45, 2.75) is 38.8 Å². The zero-order valence-corrected chi connectivity index (χ0v) is 20.3. The van der Waals surface area contributed by atoms with Crippen molar-refractivity contribution in [2.75, 3.05) is 5.73 Å². The van der Waals surface area contributed by atoms with E-state index in [4.69, 9.17) is 16.7 Å². The van der Waals surface area contributed by atoms with Crippen LogP contribution in [0, 0.1) is 11.3 Å². The van der Waals surface area contributed by atoms with Crippen LogP contribution in [0.25, 0.3) is 11.1 Å². The number of carbonyl (C=O) groups is 2. The second kappa shape index (κ2) is 11.7. The van der Waals surface area contributed by atoms with Crippen LogP contribution in [0.3, 0.4) is 0 Å². The van der Waals surface area contributed by atoms with E-state index in [0.717, 1.165) is 16.7 Å². The average Bonchev–Trinajstić information content (AvgIpc) is 2.89. The summed E-state index contributed by atoms with van der Waals surface area (Å²) in [4.78, 5) is 27.3. The number of nitrogens with two attached hydrogens (primary N) is 2. The number of anilines is 1. The SMILES string of the molecule is CCC(=O)N(C(Cc1cccc(N)c1/C=N\O)C(N)=O)C(C)c1ccc(-c2ccccc2C#N)cc1. The lowest BCUT2D eigenvalue weighted by Crippen LogP contribution is -2.50. The lowest BCUT2D eigenvalue weighted by molar-refractivity contribution is -0.141. The fourth-order valence-corrected chi connectivity index (χ4v) is 4.35. The van der Waals surface area contributed by atoms with Crippen LogP contribution in [0.1, 0.15) is 48.6 Å². The number of nitriles is 1. The van der Waals surface area contributed by atoms with Gasteiger partial charge in [-0.1, -0.05) is 66.7 Å². The molecule has 0 bridgehead atoms. The van der Waals surface area contributed by atoms with Crippen molar-refractivity contribution in [1.29, 1.82) is 5.26 Å². The number of rotatable bonds is 9. The highest BCUT2D eigenvalue weighted by Gasteiger charge is 2.33. The minimum absolute atomic E-state index is 0.103. The average molecular weight is 484 g/mol. The van der Waals surface area contributed by atoms with Gasteiger partial charge in [-0.15, -0.1) is 0 Å². The largest absolute Gasteiger partial charge is 0.411 e. The van der Waals surface area contributed by atoms with Crippen molar-refractivity contribution >= 4 is 23.7 Å². The lowest BCUT2D eigenvalue weighted by Gasteiger charge is -2.35. The van der Waals surface area contributed by atoms with Gasteiger partial charge >= 0.3 is 0 Å². The second-order valence-electron chi connectivity index (χ2n) is 8.40. The fraction of sp³-hybridized carbons (Fsp3) is 0.214. The molecule has 2 atom stereocenters. The molecule has 0 aliphatic carbocycles. The molecule has 0 spiro atoms. The van der Waals surface area contributed by atoms with E-state index in [1.807, 2.05) is 49.4 Å². The van der Waals surface area contributed by atoms with E-state index in [-0.39, 0.29) is 18.7 Å². The maximum absolute atomic E-state index is 13.1. The van der Waals surface area contributed by atoms with Gasteiger partial charge in [-0.25, -0.2) is 0 Å². The predicted octanol–water partition coefficient (Wildman–Crippen LogP) is 4.01. The molecule has 0 saturated carbocycles. The van der Waals surface area contributed by atoms with E-state index in [9.17, 15) is 14.9 Å². The summed E-state index contributed by atoms with van der Waals surface area (Å²) in [6, 6.07) is 20.8. The van der Waals surface area contributed by atoms with Crippen LogP contribution >= 0.6 is 0 Å². The van der Waals surface area contributed by atoms with Crippen molar-refractivity contribution in [1.82, 2.24) is 4.90 Å². The van der Waals surface area contributed by atoms with E-state index < -0.39 is 18.0 Å². The molecule has 36 heavy (non-hydrogen) atoms. The summed E-state index contributed by atoms with van der Waals surface area (Å²) in [5, 5.41) is 21.6. The minimum Gasteiger partial charge on any atom is -0.411 e. The maximum atomic E-state index is 13.1. The fourth-order valence-electron chi connectivity index (χ4n) is 4.35. The van der Waals surface area contributed by atoms with Gasteiger partial charge in [-0.05, 0) is 41.3 Å². The van der Waals surface area contributed by atoms with E-state index in [0.29, 0.717) is 22.4 Å². The quantitative estimate of drug-likeness (QED) is 0.182. The standard InChI is InChI=1S/C28H29N5O3/c1-3-27(34)33(26(28(31)35)15-21-8-6-10-25(30)24(21)17-32-36)18(2)19-11-13-20(14-12-19)23-9-5-4-7-22(23)16-29/h4-14,17-18,26,36H,3,15,30H2,1-2H3,(H2,31,35)/b32-17-. The highest BCUT2D eigenvalue weighted by molar-refractivity contribution is 5.90. The summed E-state index contributed by atoms with van der Waals surface area (Å²) in [5.41, 5.74) is 16.4. The Morgan fingerprint density at radius 2 is 1.81 bits per heavy atom. The smallest absolute Gasteiger partial charge is 0.240 e. The van der Waals surface area contributed by atoms with Crippen molar-refractivity contribution in [3.63, 3.8) is 0 Å². The third kappa shape index (κ3) is 5.53. The molecule has 0 aromatic heterocycles. The summed E-state index contributed by atoms with van der Waals surface area (Å²) in [5.74, 6) is -0.885. The molecule has 3 rings (SSSR count). The van der Waals surface area contributed by atoms with Gasteiger partial charge in [-0.2, -0.15) is 5.26 Å². The molecule has 3 aromatic rings. The first-order valence-electron chi connectivity index (χ1n) is 11.6. The maximum Gasteiger partial charge on any atom is 0.240 e. The molecular formula is C28H29N5O3. The topological polar surface area (TPSA) is 146 Å². The first-order chi connectivity index (χ1) is 17.3. The van der Waals surface area contributed by atoms with E-state index >= 15 is 0 Å². The van der Waals surface area contributed by atoms with Crippen molar-refractivity contribution in [3.05, 3.63) is 89.0 Å². The number of nitrogen functional groups attached to an aromatic ring is 1. The highest BCUT2D eigenvalue weighted by atomic mass is 16.4. The van der Waals surface area contributed by atoms with E-state index in [1.54, 1.807) is 31.2 Å². The summed E-state index contributed by atoms with van der Waals surface area (Å²) in [7, 11) is 0. The second-order valence-corrected chi connectivity index (χ2v) is 8.40. The molecule has 5 N–H and O–H groups in total. The predicted molar refractivity (Wildman–Crippen MR) is 139 cm³/mol. The number of nitrogens with zero attached hydrogens (tertiary/aromatic N) is 3. The van der Waals surface area contributed by atoms with Crippen LogP contribution in [0.4, 0.5) is 5.69 Å². The Morgan fingerprint density at radius 3 is 2.42 bits per heavy atom. The Labute approximate surface area is 210 Å². The summed E-state index contributed by atoms with van der Waals surface area (Å²) >= 11 is 0. The molecule has 0 heterocycles. The Morgan fingerprint density at radius 1 is 1.11 bits per heavy atom. The zero-order valence-electron chi connectivity index (χ0n) is 20.3. The van der Waals surface area contributed by atoms with Gasteiger partial charge in [0.2, 0.25) is 11.8 Å². The van der Waals surface area contributed by atoms with E-state index in [1.165, 1.54) is 11.1 Å². The van der Waals surface area contributed by atoms with Gasteiger partial charge in [0, 0.05) is 24.1 Å². The van der Waals surface area contributed by atoms with Crippen LogP contribution in [0.5, 0.6) is 0 Å². The van der Waals surface area contributed by atoms with Crippen LogP contribution in [0.15, 0.2) is 71.9 Å². The first-order valence-corrected chi connectivity index (χ1v) is 11.6. The Hall–Kier alpha value is -4.64. The third-order valence-electron chi connectivity index (χ3n) is 6.25. The number of primary amides is 1. The van der Waals surface area contributed by atoms with Gasteiger partial charge in [-0.3, -0.25) is 9.59 Å². The number of hydrogen-bond donors (Lipinski definition) is 3. The molecule has 2 amide bonds. The zero-order chi connectivity index (χ0) is 26.2. The third-order valence-corrected chi connectivity index (χ3v) is 6.25. The molecule has 8 heteroatoms. The number of amides is 2. The molecule has 0 aliphatic rings. The van der Waals surface area contributed by atoms with E-state index in [2.05, 4.69) is 11.2 Å². The molecule has 3 aromatic carbocycles. The first kappa shape index (κ1) is 26.0. The minimum atomic E-state index is -0.959. The van der Waals surface area contributed by atoms with Crippen LogP contribution < -0.4 is 11.5 Å². The lowest BCUT2D eigenvalue weighted by atomic mass is 9.94. The number of carbonyl (C=O) groups excluding carboxylic acids is 2. The van der Waals surface area contributed by atoms with Gasteiger partial charge in [0.15, 0.2) is 0 Å². The van der Waals surface area contributed by atoms with Gasteiger partial charge in [0.25, 0.3) is 0 Å². The summed E-state index contributed by atoms with van der Waals surface area (Å²) in [6.45, 7) is 3.57. The summed E-state index contributed by atoms with van der Waals surface area (Å²) < 4.78 is 0. The monoisotopic (exact) mass is 483 g/mol. The van der Waals surface area contributed by atoms with Gasteiger partial charge in [0.05, 0.1) is 23.9 Å². The molecule has 184 valence electrons. The van der Waals surface area contributed by atoms with Crippen molar-refractivity contribution in [3.8, 4) is 17.2 Å². The number of oxime groups is 1. The molecule has 0 aliphatic heterocycles. The molecule has 0 saturated heterocycles. The molecular weight excluding hydrogens is 454 g/mol. The van der Waals surface area contributed by atoms with Crippen LogP contribution in [0.2, 0.25) is 0 Å². The molecule has 8 nitrogen and oxygen atoms in total. The van der Waals surface area contributed by atoms with Crippen LogP contribution in [-0.2, 0) is 16.0 Å². The van der Waals surface area contributed by atoms with Crippen molar-refractivity contribution in [2.24, 2.45) is 10.9 Å². The Balaban J connectivity index is 1.99. The Kier molecular flexibility index (Phi) is 8.42. The number of benzene rings is 3. The Bertz CT molecular complexity index is 1310. The molecule has 0 radical (unpaired) electrons. The van der Waals surface area contributed by atoms with Gasteiger partial charge < -0.3 is 21.6 Å². The van der Waals surface area contributed by atoms with Crippen molar-refractivity contribution < 1.29 is 14.8 Å². The number of hydrogen-bond acceptors (Lipinski definition) is 6. The molecule has 0 fully saturated rings. The van der Waals surface area contributed by atoms with Crippen LogP contribution in [-0.4, -0.2) is 34.2 Å². The normalized spacial score (nSPS) is 12.6.